The zero-order valence-corrected chi connectivity index (χ0v) is 12.7. The fraction of sp³-hybridized carbons (Fsp3) is 0.647. The lowest BCUT2D eigenvalue weighted by Crippen LogP contribution is -2.31. The molecule has 0 bridgehead atoms. The highest BCUT2D eigenvalue weighted by atomic mass is 15.1. The third-order valence-corrected chi connectivity index (χ3v) is 4.53. The van der Waals surface area contributed by atoms with Gasteiger partial charge in [0.25, 0.3) is 0 Å². The molecule has 1 saturated heterocycles. The van der Waals surface area contributed by atoms with Crippen molar-refractivity contribution in [1.29, 1.82) is 0 Å². The molecule has 1 aliphatic rings. The molecule has 1 heterocycles. The lowest BCUT2D eigenvalue weighted by molar-refractivity contribution is 0.389. The van der Waals surface area contributed by atoms with E-state index in [0.717, 1.165) is 12.5 Å². The second-order valence-electron chi connectivity index (χ2n) is 5.92. The maximum Gasteiger partial charge on any atom is 0.0366 e. The summed E-state index contributed by atoms with van der Waals surface area (Å²) in [5.41, 5.74) is 2.77. The van der Waals surface area contributed by atoms with Gasteiger partial charge in [-0.05, 0) is 43.4 Å². The van der Waals surface area contributed by atoms with E-state index in [4.69, 9.17) is 0 Å². The molecule has 2 heteroatoms. The quantitative estimate of drug-likeness (QED) is 0.836. The van der Waals surface area contributed by atoms with Crippen LogP contribution in [0.2, 0.25) is 0 Å². The highest BCUT2D eigenvalue weighted by Gasteiger charge is 2.12. The Morgan fingerprint density at radius 2 is 1.74 bits per heavy atom. The molecule has 0 radical (unpaired) electrons. The number of nitrogens with zero attached hydrogens (tertiary/aromatic N) is 1. The van der Waals surface area contributed by atoms with Crippen molar-refractivity contribution in [2.24, 2.45) is 5.92 Å². The van der Waals surface area contributed by atoms with Crippen LogP contribution in [-0.2, 0) is 6.54 Å². The van der Waals surface area contributed by atoms with Crippen molar-refractivity contribution >= 4 is 5.69 Å². The summed E-state index contributed by atoms with van der Waals surface area (Å²) in [5, 5.41) is 3.62. The van der Waals surface area contributed by atoms with Crippen molar-refractivity contribution in [2.45, 2.75) is 52.6 Å². The molecule has 1 aromatic rings. The number of rotatable bonds is 6. The van der Waals surface area contributed by atoms with Crippen LogP contribution in [0.25, 0.3) is 0 Å². The summed E-state index contributed by atoms with van der Waals surface area (Å²) >= 11 is 0. The van der Waals surface area contributed by atoms with Crippen LogP contribution in [0.3, 0.4) is 0 Å². The maximum absolute atomic E-state index is 3.62. The van der Waals surface area contributed by atoms with Crippen LogP contribution < -0.4 is 10.2 Å². The van der Waals surface area contributed by atoms with E-state index in [1.807, 2.05) is 0 Å². The molecule has 0 aliphatic carbocycles. The smallest absolute Gasteiger partial charge is 0.0366 e. The molecule has 2 atom stereocenters. The highest BCUT2D eigenvalue weighted by molar-refractivity contribution is 5.48. The van der Waals surface area contributed by atoms with Gasteiger partial charge in [-0.3, -0.25) is 0 Å². The second-order valence-corrected chi connectivity index (χ2v) is 5.92. The summed E-state index contributed by atoms with van der Waals surface area (Å²) in [5.74, 6) is 0.740. The van der Waals surface area contributed by atoms with Crippen LogP contribution in [-0.4, -0.2) is 19.1 Å². The molecule has 1 aliphatic heterocycles. The zero-order valence-electron chi connectivity index (χ0n) is 12.7. The van der Waals surface area contributed by atoms with Crippen molar-refractivity contribution < 1.29 is 0 Å². The second kappa shape index (κ2) is 6.95. The van der Waals surface area contributed by atoms with Crippen LogP contribution in [0.5, 0.6) is 0 Å². The molecule has 1 fully saturated rings. The number of anilines is 1. The molecule has 2 unspecified atom stereocenters. The Morgan fingerprint density at radius 3 is 2.32 bits per heavy atom. The predicted molar refractivity (Wildman–Crippen MR) is 83.6 cm³/mol. The van der Waals surface area contributed by atoms with Crippen molar-refractivity contribution in [3.63, 3.8) is 0 Å². The van der Waals surface area contributed by atoms with Crippen molar-refractivity contribution in [3.05, 3.63) is 29.8 Å². The average molecular weight is 260 g/mol. The minimum Gasteiger partial charge on any atom is -0.372 e. The molecular weight excluding hydrogens is 232 g/mol. The third kappa shape index (κ3) is 3.97. The first-order chi connectivity index (χ1) is 9.20. The Bertz CT molecular complexity index is 365. The van der Waals surface area contributed by atoms with E-state index in [9.17, 15) is 0 Å². The van der Waals surface area contributed by atoms with Gasteiger partial charge in [-0.1, -0.05) is 32.4 Å². The van der Waals surface area contributed by atoms with Gasteiger partial charge < -0.3 is 10.2 Å². The van der Waals surface area contributed by atoms with Gasteiger partial charge in [0.2, 0.25) is 0 Å². The first-order valence-corrected chi connectivity index (χ1v) is 7.78. The fourth-order valence-electron chi connectivity index (χ4n) is 2.63. The van der Waals surface area contributed by atoms with Gasteiger partial charge in [0, 0.05) is 31.4 Å². The monoisotopic (exact) mass is 260 g/mol. The van der Waals surface area contributed by atoms with Crippen molar-refractivity contribution in [2.75, 3.05) is 18.0 Å². The van der Waals surface area contributed by atoms with E-state index in [2.05, 4.69) is 55.3 Å². The Morgan fingerprint density at radius 1 is 1.11 bits per heavy atom. The lowest BCUT2D eigenvalue weighted by Gasteiger charge is -2.21. The molecule has 0 spiro atoms. The highest BCUT2D eigenvalue weighted by Crippen LogP contribution is 2.20. The molecule has 106 valence electrons. The fourth-order valence-corrected chi connectivity index (χ4v) is 2.63. The van der Waals surface area contributed by atoms with E-state index < -0.39 is 0 Å². The Labute approximate surface area is 118 Å². The minimum absolute atomic E-state index is 0.586. The lowest BCUT2D eigenvalue weighted by atomic mass is 10.0. The molecule has 1 N–H and O–H groups in total. The summed E-state index contributed by atoms with van der Waals surface area (Å²) < 4.78 is 0. The van der Waals surface area contributed by atoms with E-state index in [-0.39, 0.29) is 0 Å². The Balaban J connectivity index is 1.84. The molecular formula is C17H28N2. The van der Waals surface area contributed by atoms with Gasteiger partial charge >= 0.3 is 0 Å². The molecule has 2 rings (SSSR count). The maximum atomic E-state index is 3.62. The molecule has 0 aromatic heterocycles. The largest absolute Gasteiger partial charge is 0.372 e. The van der Waals surface area contributed by atoms with Gasteiger partial charge in [-0.15, -0.1) is 0 Å². The molecule has 1 aromatic carbocycles. The van der Waals surface area contributed by atoms with Gasteiger partial charge in [-0.25, -0.2) is 0 Å². The summed E-state index contributed by atoms with van der Waals surface area (Å²) in [7, 11) is 0. The Kier molecular flexibility index (Phi) is 5.26. The summed E-state index contributed by atoms with van der Waals surface area (Å²) in [6, 6.07) is 9.67. The van der Waals surface area contributed by atoms with Crippen molar-refractivity contribution in [1.82, 2.24) is 5.32 Å². The van der Waals surface area contributed by atoms with Gasteiger partial charge in [0.05, 0.1) is 0 Å². The van der Waals surface area contributed by atoms with E-state index in [1.165, 1.54) is 43.6 Å². The number of nitrogens with one attached hydrogen (secondary N) is 1. The van der Waals surface area contributed by atoms with Crippen molar-refractivity contribution in [3.8, 4) is 0 Å². The SMILES string of the molecule is CCC(C)C(C)NCc1ccc(N2CCCC2)cc1. The van der Waals surface area contributed by atoms with E-state index in [0.29, 0.717) is 6.04 Å². The van der Waals surface area contributed by atoms with Crippen LogP contribution in [0.4, 0.5) is 5.69 Å². The number of hydrogen-bond acceptors (Lipinski definition) is 2. The normalized spacial score (nSPS) is 18.6. The van der Waals surface area contributed by atoms with Crippen LogP contribution in [0, 0.1) is 5.92 Å². The van der Waals surface area contributed by atoms with E-state index in [1.54, 1.807) is 0 Å². The summed E-state index contributed by atoms with van der Waals surface area (Å²) in [6.07, 6.45) is 3.92. The summed E-state index contributed by atoms with van der Waals surface area (Å²) in [4.78, 5) is 2.49. The standard InChI is InChI=1S/C17H28N2/c1-4-14(2)15(3)18-13-16-7-9-17(10-8-16)19-11-5-6-12-19/h7-10,14-15,18H,4-6,11-13H2,1-3H3. The van der Waals surface area contributed by atoms with Crippen LogP contribution in [0.1, 0.15) is 45.6 Å². The molecule has 2 nitrogen and oxygen atoms in total. The minimum atomic E-state index is 0.586. The molecule has 19 heavy (non-hydrogen) atoms. The molecule has 0 amide bonds. The van der Waals surface area contributed by atoms with Crippen LogP contribution in [0.15, 0.2) is 24.3 Å². The third-order valence-electron chi connectivity index (χ3n) is 4.53. The van der Waals surface area contributed by atoms with Gasteiger partial charge in [0.1, 0.15) is 0 Å². The molecule has 0 saturated carbocycles. The predicted octanol–water partition coefficient (Wildman–Crippen LogP) is 3.81. The topological polar surface area (TPSA) is 15.3 Å². The average Bonchev–Trinajstić information content (AvgIpc) is 2.98. The first-order valence-electron chi connectivity index (χ1n) is 7.78. The first kappa shape index (κ1) is 14.4. The number of benzene rings is 1. The van der Waals surface area contributed by atoms with E-state index >= 15 is 0 Å². The summed E-state index contributed by atoms with van der Waals surface area (Å²) in [6.45, 7) is 10.3. The Hall–Kier alpha value is -1.02. The number of hydrogen-bond donors (Lipinski definition) is 1. The van der Waals surface area contributed by atoms with Gasteiger partial charge in [-0.2, -0.15) is 0 Å². The van der Waals surface area contributed by atoms with Crippen LogP contribution >= 0.6 is 0 Å². The van der Waals surface area contributed by atoms with Gasteiger partial charge in [0.15, 0.2) is 0 Å². The zero-order chi connectivity index (χ0) is 13.7.